The molecule has 0 saturated heterocycles. The van der Waals surface area contributed by atoms with E-state index in [-0.39, 0.29) is 37.2 Å². The second-order valence-electron chi connectivity index (χ2n) is 9.35. The number of rotatable bonds is 15. The van der Waals surface area contributed by atoms with Crippen molar-refractivity contribution in [3.63, 3.8) is 0 Å². The molecule has 5 nitrogen and oxygen atoms in total. The Bertz CT molecular complexity index is 1280. The third-order valence-corrected chi connectivity index (χ3v) is 7.80. The summed E-state index contributed by atoms with van der Waals surface area (Å²) in [6.45, 7) is 10.6. The fourth-order valence-electron chi connectivity index (χ4n) is 4.23. The standard InChI is InChI=1S/C32H38ClN3O2S.3ClH/c1-4-7-9-30-31(24-10-16-28(17-11-24)38-29-18-12-25(33)13-19-29)35-32(39-30)34-26-14-20-27(21-15-26)37-23-8-22-36(5-2)6-3;;;/h10-21H,4-9,22-23H2,1-3H3,(H,34,35);3*1H. The first-order chi connectivity index (χ1) is 19.1. The Morgan fingerprint density at radius 2 is 1.38 bits per heavy atom. The van der Waals surface area contributed by atoms with Gasteiger partial charge < -0.3 is 19.7 Å². The number of nitrogens with zero attached hydrogens (tertiary/aromatic N) is 2. The van der Waals surface area contributed by atoms with Gasteiger partial charge in [0, 0.05) is 27.7 Å². The van der Waals surface area contributed by atoms with E-state index in [9.17, 15) is 0 Å². The molecule has 0 aliphatic heterocycles. The molecule has 4 aromatic rings. The maximum absolute atomic E-state index is 5.98. The molecule has 3 aromatic carbocycles. The molecular formula is C32H41Cl4N3O2S. The average molecular weight is 674 g/mol. The van der Waals surface area contributed by atoms with Crippen molar-refractivity contribution in [3.05, 3.63) is 82.7 Å². The van der Waals surface area contributed by atoms with Crippen molar-refractivity contribution in [2.45, 2.75) is 46.5 Å². The normalized spacial score (nSPS) is 10.3. The van der Waals surface area contributed by atoms with Gasteiger partial charge in [0.25, 0.3) is 0 Å². The SMILES string of the molecule is CCCCc1sc(Nc2ccc(OCCCN(CC)CC)cc2)nc1-c1ccc(Oc2ccc(Cl)cc2)cc1.Cl.Cl.Cl. The zero-order valence-electron chi connectivity index (χ0n) is 24.3. The Balaban J connectivity index is 0.00000294. The number of aromatic nitrogens is 1. The van der Waals surface area contributed by atoms with Crippen LogP contribution < -0.4 is 14.8 Å². The van der Waals surface area contributed by atoms with Crippen molar-refractivity contribution < 1.29 is 9.47 Å². The van der Waals surface area contributed by atoms with Gasteiger partial charge >= 0.3 is 0 Å². The maximum Gasteiger partial charge on any atom is 0.187 e. The van der Waals surface area contributed by atoms with Crippen LogP contribution in [0.5, 0.6) is 17.2 Å². The lowest BCUT2D eigenvalue weighted by molar-refractivity contribution is 0.249. The van der Waals surface area contributed by atoms with Crippen molar-refractivity contribution >= 4 is 71.0 Å². The van der Waals surface area contributed by atoms with E-state index >= 15 is 0 Å². The van der Waals surface area contributed by atoms with Crippen LogP contribution in [0.2, 0.25) is 5.02 Å². The highest BCUT2D eigenvalue weighted by Gasteiger charge is 2.14. The Kier molecular flexibility index (Phi) is 17.9. The summed E-state index contributed by atoms with van der Waals surface area (Å²) in [4.78, 5) is 8.69. The van der Waals surface area contributed by atoms with Crippen LogP contribution in [0.25, 0.3) is 11.3 Å². The topological polar surface area (TPSA) is 46.6 Å². The van der Waals surface area contributed by atoms with Crippen molar-refractivity contribution in [1.82, 2.24) is 9.88 Å². The number of unbranched alkanes of at least 4 members (excludes halogenated alkanes) is 1. The van der Waals surface area contributed by atoms with Gasteiger partial charge in [-0.2, -0.15) is 0 Å². The lowest BCUT2D eigenvalue weighted by Gasteiger charge is -2.17. The van der Waals surface area contributed by atoms with Gasteiger partial charge in [-0.15, -0.1) is 48.6 Å². The van der Waals surface area contributed by atoms with E-state index < -0.39 is 0 Å². The maximum atomic E-state index is 5.98. The zero-order chi connectivity index (χ0) is 27.5. The number of hydrogen-bond acceptors (Lipinski definition) is 6. The Hall–Kier alpha value is -2.19. The quantitative estimate of drug-likeness (QED) is 0.127. The predicted molar refractivity (Wildman–Crippen MR) is 187 cm³/mol. The summed E-state index contributed by atoms with van der Waals surface area (Å²) in [6.07, 6.45) is 4.31. The minimum absolute atomic E-state index is 0. The van der Waals surface area contributed by atoms with E-state index in [2.05, 4.69) is 55.3 Å². The van der Waals surface area contributed by atoms with E-state index in [0.717, 1.165) is 91.2 Å². The molecular weight excluding hydrogens is 632 g/mol. The summed E-state index contributed by atoms with van der Waals surface area (Å²) < 4.78 is 11.9. The fourth-order valence-corrected chi connectivity index (χ4v) is 5.40. The number of thiazole rings is 1. The molecule has 0 amide bonds. The number of aryl methyl sites for hydroxylation is 1. The zero-order valence-corrected chi connectivity index (χ0v) is 28.3. The lowest BCUT2D eigenvalue weighted by Crippen LogP contribution is -2.25. The lowest BCUT2D eigenvalue weighted by atomic mass is 10.1. The molecule has 4 rings (SSSR count). The number of anilines is 2. The van der Waals surface area contributed by atoms with Gasteiger partial charge in [-0.1, -0.05) is 38.8 Å². The summed E-state index contributed by atoms with van der Waals surface area (Å²) in [5.41, 5.74) is 3.11. The molecule has 0 radical (unpaired) electrons. The average Bonchev–Trinajstić information content (AvgIpc) is 3.36. The molecule has 0 aliphatic carbocycles. The van der Waals surface area contributed by atoms with E-state index in [1.165, 1.54) is 4.88 Å². The Labute approximate surface area is 278 Å². The highest BCUT2D eigenvalue weighted by molar-refractivity contribution is 7.16. The molecule has 42 heavy (non-hydrogen) atoms. The third kappa shape index (κ3) is 11.5. The number of nitrogens with one attached hydrogen (secondary N) is 1. The van der Waals surface area contributed by atoms with Gasteiger partial charge in [0.15, 0.2) is 5.13 Å². The predicted octanol–water partition coefficient (Wildman–Crippen LogP) is 10.7. The molecule has 230 valence electrons. The highest BCUT2D eigenvalue weighted by atomic mass is 35.5. The molecule has 0 bridgehead atoms. The van der Waals surface area contributed by atoms with Gasteiger partial charge in [0.1, 0.15) is 17.2 Å². The summed E-state index contributed by atoms with van der Waals surface area (Å²) >= 11 is 7.70. The molecule has 1 heterocycles. The number of halogens is 4. The molecule has 10 heteroatoms. The first-order valence-corrected chi connectivity index (χ1v) is 15.0. The van der Waals surface area contributed by atoms with Crippen LogP contribution in [0.4, 0.5) is 10.8 Å². The first-order valence-electron chi connectivity index (χ1n) is 13.8. The van der Waals surface area contributed by atoms with Gasteiger partial charge in [-0.05, 0) is 105 Å². The summed E-state index contributed by atoms with van der Waals surface area (Å²) in [5.74, 6) is 2.43. The van der Waals surface area contributed by atoms with Gasteiger partial charge in [0.05, 0.1) is 12.3 Å². The molecule has 0 unspecified atom stereocenters. The molecule has 1 N–H and O–H groups in total. The van der Waals surface area contributed by atoms with Gasteiger partial charge in [-0.25, -0.2) is 4.98 Å². The van der Waals surface area contributed by atoms with E-state index in [1.807, 2.05) is 48.5 Å². The summed E-state index contributed by atoms with van der Waals surface area (Å²) in [7, 11) is 0. The molecule has 0 fully saturated rings. The van der Waals surface area contributed by atoms with Crippen LogP contribution in [0.15, 0.2) is 72.8 Å². The van der Waals surface area contributed by atoms with Crippen LogP contribution in [0, 0.1) is 0 Å². The minimum atomic E-state index is 0. The molecule has 0 saturated carbocycles. The van der Waals surface area contributed by atoms with E-state index in [1.54, 1.807) is 11.3 Å². The third-order valence-electron chi connectivity index (χ3n) is 6.52. The van der Waals surface area contributed by atoms with Crippen LogP contribution in [0.1, 0.15) is 44.9 Å². The van der Waals surface area contributed by atoms with Crippen LogP contribution in [-0.4, -0.2) is 36.1 Å². The van der Waals surface area contributed by atoms with Crippen molar-refractivity contribution in [2.24, 2.45) is 0 Å². The second-order valence-corrected chi connectivity index (χ2v) is 10.9. The van der Waals surface area contributed by atoms with Crippen molar-refractivity contribution in [2.75, 3.05) is 31.6 Å². The molecule has 0 aliphatic rings. The van der Waals surface area contributed by atoms with Crippen LogP contribution >= 0.6 is 60.2 Å². The molecule has 1 aromatic heterocycles. The second kappa shape index (κ2) is 19.9. The van der Waals surface area contributed by atoms with E-state index in [0.29, 0.717) is 5.02 Å². The highest BCUT2D eigenvalue weighted by Crippen LogP contribution is 2.35. The van der Waals surface area contributed by atoms with E-state index in [4.69, 9.17) is 26.1 Å². The Morgan fingerprint density at radius 3 is 1.98 bits per heavy atom. The van der Waals surface area contributed by atoms with Crippen molar-refractivity contribution in [1.29, 1.82) is 0 Å². The van der Waals surface area contributed by atoms with Crippen molar-refractivity contribution in [3.8, 4) is 28.5 Å². The van der Waals surface area contributed by atoms with Crippen LogP contribution in [0.3, 0.4) is 0 Å². The molecule has 0 atom stereocenters. The van der Waals surface area contributed by atoms with Gasteiger partial charge in [-0.3, -0.25) is 0 Å². The summed E-state index contributed by atoms with van der Waals surface area (Å²) in [5, 5.41) is 5.08. The smallest absolute Gasteiger partial charge is 0.187 e. The Morgan fingerprint density at radius 1 is 0.786 bits per heavy atom. The molecule has 0 spiro atoms. The summed E-state index contributed by atoms with van der Waals surface area (Å²) in [6, 6.07) is 23.6. The first kappa shape index (κ1) is 37.8. The van der Waals surface area contributed by atoms with Crippen LogP contribution in [-0.2, 0) is 6.42 Å². The number of ether oxygens (including phenoxy) is 2. The minimum Gasteiger partial charge on any atom is -0.494 e. The number of hydrogen-bond donors (Lipinski definition) is 1. The number of benzene rings is 3. The van der Waals surface area contributed by atoms with Gasteiger partial charge in [0.2, 0.25) is 0 Å². The largest absolute Gasteiger partial charge is 0.494 e. The monoisotopic (exact) mass is 671 g/mol. The fraction of sp³-hybridized carbons (Fsp3) is 0.344.